The molecule has 13 heavy (non-hydrogen) atoms. The zero-order valence-corrected chi connectivity index (χ0v) is 8.18. The Morgan fingerprint density at radius 2 is 2.31 bits per heavy atom. The van der Waals surface area contributed by atoms with Gasteiger partial charge in [0.1, 0.15) is 0 Å². The second-order valence-corrected chi connectivity index (χ2v) is 4.16. The summed E-state index contributed by atoms with van der Waals surface area (Å²) in [7, 11) is 0. The highest BCUT2D eigenvalue weighted by Gasteiger charge is 2.36. The second kappa shape index (κ2) is 3.66. The van der Waals surface area contributed by atoms with E-state index in [1.54, 1.807) is 0 Å². The van der Waals surface area contributed by atoms with Crippen molar-refractivity contribution in [3.8, 4) is 0 Å². The Morgan fingerprint density at radius 3 is 3.08 bits per heavy atom. The summed E-state index contributed by atoms with van der Waals surface area (Å²) in [6.07, 6.45) is 4.55. The molecule has 3 unspecified atom stereocenters. The van der Waals surface area contributed by atoms with Crippen LogP contribution >= 0.6 is 0 Å². The van der Waals surface area contributed by atoms with E-state index in [2.05, 4.69) is 17.6 Å². The summed E-state index contributed by atoms with van der Waals surface area (Å²) in [5.41, 5.74) is 0. The maximum Gasteiger partial charge on any atom is 0.224 e. The Bertz CT molecular complexity index is 205. The van der Waals surface area contributed by atoms with Gasteiger partial charge in [0, 0.05) is 18.6 Å². The monoisotopic (exact) mass is 182 g/mol. The van der Waals surface area contributed by atoms with Crippen LogP contribution in [-0.4, -0.2) is 24.5 Å². The number of amides is 1. The molecule has 1 heterocycles. The van der Waals surface area contributed by atoms with E-state index in [-0.39, 0.29) is 11.8 Å². The van der Waals surface area contributed by atoms with Crippen molar-refractivity contribution in [2.24, 2.45) is 5.92 Å². The van der Waals surface area contributed by atoms with Crippen molar-refractivity contribution in [1.82, 2.24) is 10.6 Å². The minimum absolute atomic E-state index is 0.247. The van der Waals surface area contributed by atoms with Crippen LogP contribution in [0.4, 0.5) is 0 Å². The van der Waals surface area contributed by atoms with Crippen LogP contribution in [-0.2, 0) is 4.79 Å². The second-order valence-electron chi connectivity index (χ2n) is 4.16. The minimum atomic E-state index is 0.247. The van der Waals surface area contributed by atoms with Crippen molar-refractivity contribution in [1.29, 1.82) is 0 Å². The minimum Gasteiger partial charge on any atom is -0.354 e. The van der Waals surface area contributed by atoms with E-state index in [9.17, 15) is 4.79 Å². The van der Waals surface area contributed by atoms with E-state index >= 15 is 0 Å². The number of rotatable bonds is 1. The summed E-state index contributed by atoms with van der Waals surface area (Å²) in [5.74, 6) is 0.516. The largest absolute Gasteiger partial charge is 0.354 e. The SMILES string of the molecule is CCC1CNC(=O)C2CCCC2N1. The lowest BCUT2D eigenvalue weighted by molar-refractivity contribution is -0.124. The molecule has 2 N–H and O–H groups in total. The van der Waals surface area contributed by atoms with Crippen LogP contribution in [0.2, 0.25) is 0 Å². The van der Waals surface area contributed by atoms with Gasteiger partial charge >= 0.3 is 0 Å². The van der Waals surface area contributed by atoms with Crippen LogP contribution in [0.15, 0.2) is 0 Å². The molecule has 2 fully saturated rings. The van der Waals surface area contributed by atoms with E-state index in [4.69, 9.17) is 0 Å². The Kier molecular flexibility index (Phi) is 2.54. The van der Waals surface area contributed by atoms with E-state index in [0.29, 0.717) is 12.1 Å². The molecule has 2 rings (SSSR count). The van der Waals surface area contributed by atoms with Gasteiger partial charge in [0.05, 0.1) is 5.92 Å². The van der Waals surface area contributed by atoms with Crippen LogP contribution in [0, 0.1) is 5.92 Å². The number of nitrogens with one attached hydrogen (secondary N) is 2. The van der Waals surface area contributed by atoms with E-state index < -0.39 is 0 Å². The fourth-order valence-corrected chi connectivity index (χ4v) is 2.45. The number of hydrogen-bond donors (Lipinski definition) is 2. The Hall–Kier alpha value is -0.570. The van der Waals surface area contributed by atoms with Gasteiger partial charge in [-0.3, -0.25) is 4.79 Å². The fraction of sp³-hybridized carbons (Fsp3) is 0.900. The van der Waals surface area contributed by atoms with Gasteiger partial charge in [-0.1, -0.05) is 13.3 Å². The highest BCUT2D eigenvalue weighted by atomic mass is 16.2. The summed E-state index contributed by atoms with van der Waals surface area (Å²) in [6, 6.07) is 0.935. The van der Waals surface area contributed by atoms with Crippen molar-refractivity contribution in [3.05, 3.63) is 0 Å². The lowest BCUT2D eigenvalue weighted by Crippen LogP contribution is -2.40. The zero-order valence-electron chi connectivity index (χ0n) is 8.18. The highest BCUT2D eigenvalue weighted by Crippen LogP contribution is 2.27. The molecule has 0 aromatic carbocycles. The Morgan fingerprint density at radius 1 is 1.46 bits per heavy atom. The molecule has 1 saturated heterocycles. The van der Waals surface area contributed by atoms with Crippen LogP contribution in [0.25, 0.3) is 0 Å². The molecule has 0 aromatic heterocycles. The molecular weight excluding hydrogens is 164 g/mol. The predicted molar refractivity (Wildman–Crippen MR) is 51.4 cm³/mol. The summed E-state index contributed by atoms with van der Waals surface area (Å²) in [4.78, 5) is 11.6. The lowest BCUT2D eigenvalue weighted by Gasteiger charge is -2.19. The first-order valence-corrected chi connectivity index (χ1v) is 5.35. The smallest absolute Gasteiger partial charge is 0.224 e. The van der Waals surface area contributed by atoms with Crippen molar-refractivity contribution >= 4 is 5.91 Å². The normalized spacial score (nSPS) is 39.5. The quantitative estimate of drug-likeness (QED) is 0.625. The molecule has 0 bridgehead atoms. The first-order chi connectivity index (χ1) is 6.31. The average molecular weight is 182 g/mol. The number of hydrogen-bond acceptors (Lipinski definition) is 2. The first kappa shape index (κ1) is 9.00. The van der Waals surface area contributed by atoms with Gasteiger partial charge in [0.25, 0.3) is 0 Å². The topological polar surface area (TPSA) is 41.1 Å². The first-order valence-electron chi connectivity index (χ1n) is 5.35. The Balaban J connectivity index is 2.06. The molecule has 1 aliphatic heterocycles. The third-order valence-electron chi connectivity index (χ3n) is 3.32. The van der Waals surface area contributed by atoms with Gasteiger partial charge in [-0.2, -0.15) is 0 Å². The van der Waals surface area contributed by atoms with Crippen molar-refractivity contribution < 1.29 is 4.79 Å². The molecule has 3 heteroatoms. The summed E-state index contributed by atoms with van der Waals surface area (Å²) < 4.78 is 0. The molecule has 74 valence electrons. The molecule has 3 atom stereocenters. The van der Waals surface area contributed by atoms with Crippen LogP contribution in [0.3, 0.4) is 0 Å². The van der Waals surface area contributed by atoms with Gasteiger partial charge in [-0.05, 0) is 19.3 Å². The van der Waals surface area contributed by atoms with Gasteiger partial charge < -0.3 is 10.6 Å². The molecule has 1 saturated carbocycles. The molecule has 1 aliphatic carbocycles. The predicted octanol–water partition coefficient (Wildman–Crippen LogP) is 0.653. The Labute approximate surface area is 79.3 Å². The van der Waals surface area contributed by atoms with Crippen LogP contribution in [0.1, 0.15) is 32.6 Å². The van der Waals surface area contributed by atoms with Crippen LogP contribution in [0.5, 0.6) is 0 Å². The number of carbonyl (C=O) groups excluding carboxylic acids is 1. The lowest BCUT2D eigenvalue weighted by atomic mass is 10.0. The molecule has 2 aliphatic rings. The summed E-state index contributed by atoms with van der Waals surface area (Å²) in [6.45, 7) is 2.97. The van der Waals surface area contributed by atoms with E-state index in [0.717, 1.165) is 19.4 Å². The van der Waals surface area contributed by atoms with E-state index in [1.807, 2.05) is 0 Å². The van der Waals surface area contributed by atoms with Gasteiger partial charge in [-0.15, -0.1) is 0 Å². The van der Waals surface area contributed by atoms with Gasteiger partial charge in [0.15, 0.2) is 0 Å². The summed E-state index contributed by atoms with van der Waals surface area (Å²) >= 11 is 0. The molecular formula is C10H18N2O. The molecule has 1 amide bonds. The average Bonchev–Trinajstić information content (AvgIpc) is 2.54. The molecule has 0 aromatic rings. The molecule has 0 radical (unpaired) electrons. The van der Waals surface area contributed by atoms with Crippen molar-refractivity contribution in [3.63, 3.8) is 0 Å². The summed E-state index contributed by atoms with van der Waals surface area (Å²) in [5, 5.41) is 6.59. The fourth-order valence-electron chi connectivity index (χ4n) is 2.45. The zero-order chi connectivity index (χ0) is 9.26. The molecule has 3 nitrogen and oxygen atoms in total. The third-order valence-corrected chi connectivity index (χ3v) is 3.32. The van der Waals surface area contributed by atoms with Gasteiger partial charge in [0.2, 0.25) is 5.91 Å². The maximum atomic E-state index is 11.6. The van der Waals surface area contributed by atoms with Crippen LogP contribution < -0.4 is 10.6 Å². The van der Waals surface area contributed by atoms with Crippen molar-refractivity contribution in [2.45, 2.75) is 44.7 Å². The third kappa shape index (κ3) is 1.70. The number of carbonyl (C=O) groups is 1. The standard InChI is InChI=1S/C10H18N2O/c1-2-7-6-11-10(13)8-4-3-5-9(8)12-7/h7-9,12H,2-6H2,1H3,(H,11,13). The highest BCUT2D eigenvalue weighted by molar-refractivity contribution is 5.80. The maximum absolute atomic E-state index is 11.6. The molecule has 0 spiro atoms. The van der Waals surface area contributed by atoms with Gasteiger partial charge in [-0.25, -0.2) is 0 Å². The number of fused-ring (bicyclic) bond motifs is 1. The van der Waals surface area contributed by atoms with Crippen molar-refractivity contribution in [2.75, 3.05) is 6.54 Å². The van der Waals surface area contributed by atoms with E-state index in [1.165, 1.54) is 12.8 Å².